The van der Waals surface area contributed by atoms with Crippen molar-refractivity contribution in [3.63, 3.8) is 0 Å². The van der Waals surface area contributed by atoms with Gasteiger partial charge in [0.1, 0.15) is 0 Å². The van der Waals surface area contributed by atoms with Gasteiger partial charge in [-0.15, -0.1) is 0 Å². The Hall–Kier alpha value is -0.120. The van der Waals surface area contributed by atoms with E-state index in [1.54, 1.807) is 0 Å². The smallest absolute Gasteiger partial charge is 0.0466 e. The largest absolute Gasteiger partial charge is 0.382 e. The molecule has 0 aromatic rings. The van der Waals surface area contributed by atoms with Gasteiger partial charge in [0, 0.05) is 25.8 Å². The number of nitrogens with two attached hydrogens (primary N) is 1. The van der Waals surface area contributed by atoms with E-state index in [2.05, 4.69) is 12.2 Å². The first-order chi connectivity index (χ1) is 5.81. The van der Waals surface area contributed by atoms with Crippen molar-refractivity contribution in [1.29, 1.82) is 0 Å². The van der Waals surface area contributed by atoms with Gasteiger partial charge in [0.2, 0.25) is 0 Å². The third-order valence-corrected chi connectivity index (χ3v) is 1.77. The van der Waals surface area contributed by atoms with Crippen LogP contribution >= 0.6 is 0 Å². The summed E-state index contributed by atoms with van der Waals surface area (Å²) in [6.07, 6.45) is 2.31. The number of ether oxygens (including phenoxy) is 1. The summed E-state index contributed by atoms with van der Waals surface area (Å²) in [4.78, 5) is 0. The molecule has 0 fully saturated rings. The highest BCUT2D eigenvalue weighted by atomic mass is 16.5. The maximum absolute atomic E-state index is 5.45. The molecule has 3 nitrogen and oxygen atoms in total. The topological polar surface area (TPSA) is 47.3 Å². The van der Waals surface area contributed by atoms with E-state index in [0.717, 1.165) is 26.2 Å². The lowest BCUT2D eigenvalue weighted by Crippen LogP contribution is -2.33. The highest BCUT2D eigenvalue weighted by Crippen LogP contribution is 1.89. The van der Waals surface area contributed by atoms with Crippen LogP contribution < -0.4 is 11.1 Å². The zero-order valence-electron chi connectivity index (χ0n) is 8.31. The van der Waals surface area contributed by atoms with Gasteiger partial charge in [0.25, 0.3) is 0 Å². The predicted octanol–water partition coefficient (Wildman–Crippen LogP) is 0.740. The molecule has 1 atom stereocenters. The summed E-state index contributed by atoms with van der Waals surface area (Å²) < 4.78 is 5.21. The summed E-state index contributed by atoms with van der Waals surface area (Å²) in [6.45, 7) is 7.59. The number of unbranched alkanes of at least 4 members (excludes halogenated alkanes) is 1. The monoisotopic (exact) mass is 174 g/mol. The fourth-order valence-electron chi connectivity index (χ4n) is 0.905. The zero-order chi connectivity index (χ0) is 9.23. The third-order valence-electron chi connectivity index (χ3n) is 1.77. The van der Waals surface area contributed by atoms with Crippen LogP contribution in [0.4, 0.5) is 0 Å². The molecule has 74 valence electrons. The van der Waals surface area contributed by atoms with Gasteiger partial charge >= 0.3 is 0 Å². The van der Waals surface area contributed by atoms with Gasteiger partial charge < -0.3 is 15.8 Å². The van der Waals surface area contributed by atoms with E-state index < -0.39 is 0 Å². The van der Waals surface area contributed by atoms with Crippen LogP contribution in [0.3, 0.4) is 0 Å². The molecule has 1 unspecified atom stereocenters. The molecule has 0 amide bonds. The summed E-state index contributed by atoms with van der Waals surface area (Å²) >= 11 is 0. The molecule has 0 aliphatic heterocycles. The highest BCUT2D eigenvalue weighted by Gasteiger charge is 1.95. The second-order valence-corrected chi connectivity index (χ2v) is 2.99. The maximum atomic E-state index is 5.45. The standard InChI is InChI=1S/C9H22N2O/c1-3-12-7-5-4-6-11-9(2)8-10/h9,11H,3-8,10H2,1-2H3. The first-order valence-corrected chi connectivity index (χ1v) is 4.82. The molecule has 3 N–H and O–H groups in total. The summed E-state index contributed by atoms with van der Waals surface area (Å²) in [6, 6.07) is 0.442. The van der Waals surface area contributed by atoms with Crippen molar-refractivity contribution in [3.05, 3.63) is 0 Å². The molecule has 0 saturated carbocycles. The van der Waals surface area contributed by atoms with Gasteiger partial charge in [0.15, 0.2) is 0 Å². The Balaban J connectivity index is 2.90. The highest BCUT2D eigenvalue weighted by molar-refractivity contribution is 4.59. The second-order valence-electron chi connectivity index (χ2n) is 2.99. The Bertz CT molecular complexity index is 88.6. The first-order valence-electron chi connectivity index (χ1n) is 4.82. The van der Waals surface area contributed by atoms with Crippen LogP contribution in [0.2, 0.25) is 0 Å². The van der Waals surface area contributed by atoms with E-state index in [-0.39, 0.29) is 0 Å². The van der Waals surface area contributed by atoms with Crippen molar-refractivity contribution < 1.29 is 4.74 Å². The van der Waals surface area contributed by atoms with Gasteiger partial charge in [-0.25, -0.2) is 0 Å². The minimum atomic E-state index is 0.442. The number of nitrogens with one attached hydrogen (secondary N) is 1. The number of hydrogen-bond acceptors (Lipinski definition) is 3. The third kappa shape index (κ3) is 7.98. The lowest BCUT2D eigenvalue weighted by molar-refractivity contribution is 0.143. The molecule has 0 bridgehead atoms. The van der Waals surface area contributed by atoms with Crippen molar-refractivity contribution in [3.8, 4) is 0 Å². The SMILES string of the molecule is CCOCCCCNC(C)CN. The van der Waals surface area contributed by atoms with Gasteiger partial charge in [-0.3, -0.25) is 0 Å². The van der Waals surface area contributed by atoms with Crippen molar-refractivity contribution >= 4 is 0 Å². The summed E-state index contributed by atoms with van der Waals surface area (Å²) in [7, 11) is 0. The normalized spacial score (nSPS) is 13.2. The minimum absolute atomic E-state index is 0.442. The van der Waals surface area contributed by atoms with E-state index in [0.29, 0.717) is 12.6 Å². The van der Waals surface area contributed by atoms with E-state index >= 15 is 0 Å². The molecular formula is C9H22N2O. The summed E-state index contributed by atoms with van der Waals surface area (Å²) in [5, 5.41) is 3.33. The molecule has 0 heterocycles. The Kier molecular flexibility index (Phi) is 8.88. The number of hydrogen-bond donors (Lipinski definition) is 2. The van der Waals surface area contributed by atoms with E-state index in [9.17, 15) is 0 Å². The van der Waals surface area contributed by atoms with Crippen molar-refractivity contribution in [2.45, 2.75) is 32.7 Å². The maximum Gasteiger partial charge on any atom is 0.0466 e. The second kappa shape index (κ2) is 8.97. The quantitative estimate of drug-likeness (QED) is 0.534. The van der Waals surface area contributed by atoms with Crippen LogP contribution in [0.25, 0.3) is 0 Å². The lowest BCUT2D eigenvalue weighted by atomic mass is 10.3. The van der Waals surface area contributed by atoms with Crippen LogP contribution in [0.5, 0.6) is 0 Å². The fraction of sp³-hybridized carbons (Fsp3) is 1.00. The van der Waals surface area contributed by atoms with E-state index in [4.69, 9.17) is 10.5 Å². The Labute approximate surface area is 75.7 Å². The van der Waals surface area contributed by atoms with Crippen molar-refractivity contribution in [2.24, 2.45) is 5.73 Å². The molecule has 0 rings (SSSR count). The average Bonchev–Trinajstić information content (AvgIpc) is 2.10. The average molecular weight is 174 g/mol. The zero-order valence-corrected chi connectivity index (χ0v) is 8.31. The lowest BCUT2D eigenvalue weighted by Gasteiger charge is -2.10. The van der Waals surface area contributed by atoms with Gasteiger partial charge in [-0.05, 0) is 33.2 Å². The summed E-state index contributed by atoms with van der Waals surface area (Å²) in [5.41, 5.74) is 5.45. The Morgan fingerprint density at radius 2 is 2.17 bits per heavy atom. The fourth-order valence-corrected chi connectivity index (χ4v) is 0.905. The molecule has 0 radical (unpaired) electrons. The van der Waals surface area contributed by atoms with Crippen molar-refractivity contribution in [2.75, 3.05) is 26.3 Å². The van der Waals surface area contributed by atoms with E-state index in [1.807, 2.05) is 6.92 Å². The van der Waals surface area contributed by atoms with Gasteiger partial charge in [-0.1, -0.05) is 0 Å². The molecule has 0 aliphatic carbocycles. The Morgan fingerprint density at radius 3 is 2.75 bits per heavy atom. The molecular weight excluding hydrogens is 152 g/mol. The summed E-state index contributed by atoms with van der Waals surface area (Å²) in [5.74, 6) is 0. The Morgan fingerprint density at radius 1 is 1.42 bits per heavy atom. The van der Waals surface area contributed by atoms with Gasteiger partial charge in [-0.2, -0.15) is 0 Å². The van der Waals surface area contributed by atoms with Gasteiger partial charge in [0.05, 0.1) is 0 Å². The van der Waals surface area contributed by atoms with Crippen LogP contribution in [-0.2, 0) is 4.74 Å². The van der Waals surface area contributed by atoms with E-state index in [1.165, 1.54) is 6.42 Å². The minimum Gasteiger partial charge on any atom is -0.382 e. The van der Waals surface area contributed by atoms with Crippen LogP contribution in [0.1, 0.15) is 26.7 Å². The molecule has 0 saturated heterocycles. The van der Waals surface area contributed by atoms with Crippen LogP contribution in [0, 0.1) is 0 Å². The molecule has 0 spiro atoms. The van der Waals surface area contributed by atoms with Crippen molar-refractivity contribution in [1.82, 2.24) is 5.32 Å². The number of rotatable bonds is 8. The predicted molar refractivity (Wildman–Crippen MR) is 52.2 cm³/mol. The first kappa shape index (κ1) is 11.9. The molecule has 0 aromatic carbocycles. The molecule has 12 heavy (non-hydrogen) atoms. The molecule has 0 aromatic heterocycles. The van der Waals surface area contributed by atoms with Crippen LogP contribution in [-0.4, -0.2) is 32.3 Å². The van der Waals surface area contributed by atoms with Crippen LogP contribution in [0.15, 0.2) is 0 Å². The molecule has 3 heteroatoms. The molecule has 0 aliphatic rings.